The largest absolute Gasteiger partial charge is 0.388 e. The number of anilines is 2. The van der Waals surface area contributed by atoms with Crippen molar-refractivity contribution in [2.75, 3.05) is 24.3 Å². The van der Waals surface area contributed by atoms with E-state index in [9.17, 15) is 4.79 Å². The van der Waals surface area contributed by atoms with Crippen LogP contribution in [0.25, 0.3) is 0 Å². The molecule has 0 aliphatic heterocycles. The molecule has 0 saturated carbocycles. The summed E-state index contributed by atoms with van der Waals surface area (Å²) in [6.07, 6.45) is 3.37. The van der Waals surface area contributed by atoms with Crippen molar-refractivity contribution in [3.8, 4) is 0 Å². The average Bonchev–Trinajstić information content (AvgIpc) is 2.46. The Morgan fingerprint density at radius 1 is 1.32 bits per heavy atom. The van der Waals surface area contributed by atoms with Gasteiger partial charge in [-0.25, -0.2) is 0 Å². The van der Waals surface area contributed by atoms with Gasteiger partial charge in [0.2, 0.25) is 0 Å². The van der Waals surface area contributed by atoms with Gasteiger partial charge in [-0.1, -0.05) is 0 Å². The van der Waals surface area contributed by atoms with Crippen molar-refractivity contribution in [1.29, 1.82) is 0 Å². The summed E-state index contributed by atoms with van der Waals surface area (Å²) in [7, 11) is 3.61. The number of benzene rings is 1. The van der Waals surface area contributed by atoms with Gasteiger partial charge in [0, 0.05) is 31.5 Å². The van der Waals surface area contributed by atoms with E-state index in [-0.39, 0.29) is 5.91 Å². The second kappa shape index (κ2) is 5.52. The summed E-state index contributed by atoms with van der Waals surface area (Å²) in [4.78, 5) is 18.1. The summed E-state index contributed by atoms with van der Waals surface area (Å²) >= 11 is 0. The summed E-state index contributed by atoms with van der Waals surface area (Å²) in [5.74, 6) is -0.0341. The van der Waals surface area contributed by atoms with Crippen molar-refractivity contribution in [1.82, 2.24) is 4.98 Å². The molecule has 4 heteroatoms. The van der Waals surface area contributed by atoms with Gasteiger partial charge in [-0.3, -0.25) is 9.78 Å². The van der Waals surface area contributed by atoms with Crippen LogP contribution in [0.1, 0.15) is 15.9 Å². The molecule has 1 aromatic heterocycles. The number of rotatable bonds is 3. The van der Waals surface area contributed by atoms with Gasteiger partial charge in [-0.05, 0) is 42.8 Å². The van der Waals surface area contributed by atoms with Crippen molar-refractivity contribution in [2.24, 2.45) is 0 Å². The van der Waals surface area contributed by atoms with E-state index in [1.54, 1.807) is 24.3 Å². The molecular weight excluding hydrogens is 238 g/mol. The molecule has 2 aromatic rings. The number of carbonyl (C=O) groups is 1. The number of pyridine rings is 1. The van der Waals surface area contributed by atoms with Crippen LogP contribution in [0.2, 0.25) is 0 Å². The van der Waals surface area contributed by atoms with Crippen LogP contribution in [0.15, 0.2) is 42.7 Å². The van der Waals surface area contributed by atoms with Gasteiger partial charge in [-0.2, -0.15) is 0 Å². The molecule has 1 amide bonds. The molecule has 0 spiro atoms. The van der Waals surface area contributed by atoms with E-state index in [1.165, 1.54) is 0 Å². The minimum Gasteiger partial charge on any atom is -0.388 e. The van der Waals surface area contributed by atoms with Crippen molar-refractivity contribution in [2.45, 2.75) is 6.92 Å². The fourth-order valence-corrected chi connectivity index (χ4v) is 1.91. The van der Waals surface area contributed by atoms with Crippen molar-refractivity contribution < 1.29 is 4.79 Å². The molecule has 1 aromatic carbocycles. The van der Waals surface area contributed by atoms with E-state index < -0.39 is 0 Å². The van der Waals surface area contributed by atoms with Crippen LogP contribution in [0, 0.1) is 6.92 Å². The summed E-state index contributed by atoms with van der Waals surface area (Å²) in [5, 5.41) is 3.06. The lowest BCUT2D eigenvalue weighted by atomic mass is 10.1. The van der Waals surface area contributed by atoms with E-state index in [4.69, 9.17) is 0 Å². The van der Waals surface area contributed by atoms with Crippen LogP contribution >= 0.6 is 0 Å². The lowest BCUT2D eigenvalue weighted by Gasteiger charge is -2.18. The highest BCUT2D eigenvalue weighted by Gasteiger charge is 2.15. The zero-order chi connectivity index (χ0) is 13.8. The quantitative estimate of drug-likeness (QED) is 0.917. The predicted octanol–water partition coefficient (Wildman–Crippen LogP) is 2.71. The summed E-state index contributed by atoms with van der Waals surface area (Å²) in [5.41, 5.74) is 3.43. The number of carbonyl (C=O) groups excluding carboxylic acids is 1. The zero-order valence-electron chi connectivity index (χ0n) is 11.3. The van der Waals surface area contributed by atoms with Gasteiger partial charge in [-0.15, -0.1) is 0 Å². The fraction of sp³-hybridized carbons (Fsp3) is 0.200. The molecular formula is C15H17N3O. The third kappa shape index (κ3) is 2.73. The second-order valence-corrected chi connectivity index (χ2v) is 4.36. The maximum absolute atomic E-state index is 12.4. The SMILES string of the molecule is CNc1ccc(C(=O)N(C)c2cccnc2)c(C)c1. The fourth-order valence-electron chi connectivity index (χ4n) is 1.91. The third-order valence-electron chi connectivity index (χ3n) is 3.08. The van der Waals surface area contributed by atoms with E-state index in [0.29, 0.717) is 5.56 Å². The van der Waals surface area contributed by atoms with Crippen LogP contribution in [-0.4, -0.2) is 25.0 Å². The molecule has 0 fully saturated rings. The van der Waals surface area contributed by atoms with Crippen LogP contribution in [0.4, 0.5) is 11.4 Å². The molecule has 0 aliphatic carbocycles. The summed E-state index contributed by atoms with van der Waals surface area (Å²) in [6.45, 7) is 1.94. The maximum Gasteiger partial charge on any atom is 0.258 e. The monoisotopic (exact) mass is 255 g/mol. The first-order chi connectivity index (χ1) is 9.13. The number of nitrogens with one attached hydrogen (secondary N) is 1. The number of hydrogen-bond donors (Lipinski definition) is 1. The minimum atomic E-state index is -0.0341. The second-order valence-electron chi connectivity index (χ2n) is 4.36. The first kappa shape index (κ1) is 13.1. The van der Waals surface area contributed by atoms with Gasteiger partial charge in [0.15, 0.2) is 0 Å². The van der Waals surface area contributed by atoms with Gasteiger partial charge in [0.1, 0.15) is 0 Å². The van der Waals surface area contributed by atoms with Crippen LogP contribution in [0.5, 0.6) is 0 Å². The predicted molar refractivity (Wildman–Crippen MR) is 77.7 cm³/mol. The molecule has 2 rings (SSSR count). The van der Waals surface area contributed by atoms with Gasteiger partial charge >= 0.3 is 0 Å². The Bertz CT molecular complexity index is 581. The van der Waals surface area contributed by atoms with Gasteiger partial charge in [0.25, 0.3) is 5.91 Å². The standard InChI is InChI=1S/C15H17N3O/c1-11-9-12(16-2)6-7-14(11)15(19)18(3)13-5-4-8-17-10-13/h4-10,16H,1-3H3. The van der Waals surface area contributed by atoms with Crippen molar-refractivity contribution in [3.05, 3.63) is 53.9 Å². The Morgan fingerprint density at radius 2 is 2.11 bits per heavy atom. The molecule has 98 valence electrons. The molecule has 0 saturated heterocycles. The van der Waals surface area contributed by atoms with Crippen molar-refractivity contribution >= 4 is 17.3 Å². The number of aryl methyl sites for hydroxylation is 1. The normalized spacial score (nSPS) is 10.1. The topological polar surface area (TPSA) is 45.2 Å². The minimum absolute atomic E-state index is 0.0341. The Kier molecular flexibility index (Phi) is 3.80. The van der Waals surface area contributed by atoms with E-state index >= 15 is 0 Å². The van der Waals surface area contributed by atoms with E-state index in [2.05, 4.69) is 10.3 Å². The highest BCUT2D eigenvalue weighted by atomic mass is 16.2. The highest BCUT2D eigenvalue weighted by molar-refractivity contribution is 6.06. The lowest BCUT2D eigenvalue weighted by Crippen LogP contribution is -2.27. The van der Waals surface area contributed by atoms with Crippen LogP contribution in [0.3, 0.4) is 0 Å². The van der Waals surface area contributed by atoms with E-state index in [0.717, 1.165) is 16.9 Å². The third-order valence-corrected chi connectivity index (χ3v) is 3.08. The summed E-state index contributed by atoms with van der Waals surface area (Å²) in [6, 6.07) is 9.39. The molecule has 0 radical (unpaired) electrons. The molecule has 0 unspecified atom stereocenters. The molecule has 1 N–H and O–H groups in total. The molecule has 19 heavy (non-hydrogen) atoms. The molecule has 0 atom stereocenters. The molecule has 0 aliphatic rings. The molecule has 0 bridgehead atoms. The lowest BCUT2D eigenvalue weighted by molar-refractivity contribution is 0.0992. The number of nitrogens with zero attached hydrogens (tertiary/aromatic N) is 2. The first-order valence-corrected chi connectivity index (χ1v) is 6.10. The van der Waals surface area contributed by atoms with Gasteiger partial charge < -0.3 is 10.2 Å². The van der Waals surface area contributed by atoms with Gasteiger partial charge in [0.05, 0.1) is 11.9 Å². The van der Waals surface area contributed by atoms with Crippen LogP contribution < -0.4 is 10.2 Å². The number of aromatic nitrogens is 1. The Balaban J connectivity index is 2.29. The highest BCUT2D eigenvalue weighted by Crippen LogP contribution is 2.19. The summed E-state index contributed by atoms with van der Waals surface area (Å²) < 4.78 is 0. The number of hydrogen-bond acceptors (Lipinski definition) is 3. The Hall–Kier alpha value is -2.36. The Morgan fingerprint density at radius 3 is 2.68 bits per heavy atom. The Labute approximate surface area is 113 Å². The number of amides is 1. The van der Waals surface area contributed by atoms with E-state index in [1.807, 2.05) is 44.3 Å². The van der Waals surface area contributed by atoms with Crippen molar-refractivity contribution in [3.63, 3.8) is 0 Å². The zero-order valence-corrected chi connectivity index (χ0v) is 11.3. The smallest absolute Gasteiger partial charge is 0.258 e. The molecule has 1 heterocycles. The average molecular weight is 255 g/mol. The van der Waals surface area contributed by atoms with Crippen LogP contribution in [-0.2, 0) is 0 Å². The first-order valence-electron chi connectivity index (χ1n) is 6.10. The maximum atomic E-state index is 12.4. The molecule has 4 nitrogen and oxygen atoms in total.